The van der Waals surface area contributed by atoms with E-state index in [1.165, 1.54) is 10.8 Å². The Morgan fingerprint density at radius 2 is 1.76 bits per heavy atom. The number of rotatable bonds is 2. The second kappa shape index (κ2) is 4.15. The molecule has 0 aliphatic rings. The van der Waals surface area contributed by atoms with E-state index in [-0.39, 0.29) is 0 Å². The van der Waals surface area contributed by atoms with Crippen molar-refractivity contribution in [2.45, 2.75) is 0 Å². The van der Waals surface area contributed by atoms with Gasteiger partial charge in [-0.3, -0.25) is 4.79 Å². The van der Waals surface area contributed by atoms with Gasteiger partial charge in [-0.05, 0) is 22.2 Å². The maximum atomic E-state index is 11.0. The Morgan fingerprint density at radius 3 is 2.65 bits per heavy atom. The third-order valence-electron chi connectivity index (χ3n) is 2.86. The molecule has 0 radical (unpaired) electrons. The second-order valence-corrected chi connectivity index (χ2v) is 4.77. The smallest absolute Gasteiger partial charge is 0.151 e. The van der Waals surface area contributed by atoms with Gasteiger partial charge in [-0.2, -0.15) is 0 Å². The lowest BCUT2D eigenvalue weighted by Gasteiger charge is -2.05. The van der Waals surface area contributed by atoms with Crippen LogP contribution in [0, 0.1) is 0 Å². The zero-order valence-corrected chi connectivity index (χ0v) is 9.91. The van der Waals surface area contributed by atoms with Crippen molar-refractivity contribution >= 4 is 28.4 Å². The van der Waals surface area contributed by atoms with E-state index < -0.39 is 0 Å². The number of aldehydes is 1. The minimum atomic E-state index is 0.770. The van der Waals surface area contributed by atoms with E-state index in [0.29, 0.717) is 0 Å². The normalized spacial score (nSPS) is 10.6. The molecule has 0 saturated heterocycles. The van der Waals surface area contributed by atoms with E-state index in [1.807, 2.05) is 29.6 Å². The minimum Gasteiger partial charge on any atom is -0.298 e. The topological polar surface area (TPSA) is 17.1 Å². The van der Waals surface area contributed by atoms with Gasteiger partial charge in [0, 0.05) is 16.0 Å². The Hall–Kier alpha value is -1.93. The van der Waals surface area contributed by atoms with E-state index in [0.717, 1.165) is 22.3 Å². The lowest BCUT2D eigenvalue weighted by molar-refractivity contribution is 0.112. The Kier molecular flexibility index (Phi) is 2.50. The summed E-state index contributed by atoms with van der Waals surface area (Å²) in [6.45, 7) is 0. The van der Waals surface area contributed by atoms with Crippen LogP contribution in [-0.4, -0.2) is 6.29 Å². The van der Waals surface area contributed by atoms with Crippen molar-refractivity contribution in [1.82, 2.24) is 0 Å². The van der Waals surface area contributed by atoms with Crippen LogP contribution in [0.3, 0.4) is 0 Å². The van der Waals surface area contributed by atoms with Crippen molar-refractivity contribution in [2.75, 3.05) is 0 Å². The standard InChI is InChI=1S/C15H10OS/c16-10-12-8-9-17-15(12)14-7-3-5-11-4-1-2-6-13(11)14/h1-10H. The predicted molar refractivity (Wildman–Crippen MR) is 72.6 cm³/mol. The number of carbonyl (C=O) groups is 1. The van der Waals surface area contributed by atoms with Crippen molar-refractivity contribution in [3.63, 3.8) is 0 Å². The van der Waals surface area contributed by atoms with Crippen LogP contribution in [0.5, 0.6) is 0 Å². The third-order valence-corrected chi connectivity index (χ3v) is 3.82. The quantitative estimate of drug-likeness (QED) is 0.605. The van der Waals surface area contributed by atoms with E-state index in [9.17, 15) is 4.79 Å². The highest BCUT2D eigenvalue weighted by Crippen LogP contribution is 2.34. The van der Waals surface area contributed by atoms with Crippen LogP contribution in [0.1, 0.15) is 10.4 Å². The van der Waals surface area contributed by atoms with E-state index in [2.05, 4.69) is 24.3 Å². The summed E-state index contributed by atoms with van der Waals surface area (Å²) in [7, 11) is 0. The Labute approximate surface area is 103 Å². The second-order valence-electron chi connectivity index (χ2n) is 3.85. The molecular weight excluding hydrogens is 228 g/mol. The maximum absolute atomic E-state index is 11.0. The summed E-state index contributed by atoms with van der Waals surface area (Å²) in [5.41, 5.74) is 1.91. The minimum absolute atomic E-state index is 0.770. The summed E-state index contributed by atoms with van der Waals surface area (Å²) in [4.78, 5) is 12.1. The van der Waals surface area contributed by atoms with Crippen LogP contribution in [0.2, 0.25) is 0 Å². The molecule has 2 heteroatoms. The monoisotopic (exact) mass is 238 g/mol. The van der Waals surface area contributed by atoms with Gasteiger partial charge < -0.3 is 0 Å². The van der Waals surface area contributed by atoms with Gasteiger partial charge in [0.25, 0.3) is 0 Å². The highest BCUT2D eigenvalue weighted by Gasteiger charge is 2.08. The molecule has 0 atom stereocenters. The molecule has 0 saturated carbocycles. The number of fused-ring (bicyclic) bond motifs is 1. The summed E-state index contributed by atoms with van der Waals surface area (Å²) in [5.74, 6) is 0. The molecule has 2 aromatic carbocycles. The SMILES string of the molecule is O=Cc1ccsc1-c1cccc2ccccc12. The van der Waals surface area contributed by atoms with Crippen molar-refractivity contribution in [3.8, 4) is 10.4 Å². The molecule has 0 aliphatic carbocycles. The largest absolute Gasteiger partial charge is 0.298 e. The average molecular weight is 238 g/mol. The van der Waals surface area contributed by atoms with Gasteiger partial charge in [-0.15, -0.1) is 11.3 Å². The number of benzene rings is 2. The summed E-state index contributed by atoms with van der Waals surface area (Å²) in [6.07, 6.45) is 0.924. The van der Waals surface area contributed by atoms with Crippen LogP contribution < -0.4 is 0 Å². The van der Waals surface area contributed by atoms with E-state index in [1.54, 1.807) is 11.3 Å². The fraction of sp³-hybridized carbons (Fsp3) is 0. The number of carbonyl (C=O) groups excluding carboxylic acids is 1. The van der Waals surface area contributed by atoms with Crippen molar-refractivity contribution in [2.24, 2.45) is 0 Å². The molecule has 1 nitrogen and oxygen atoms in total. The fourth-order valence-corrected chi connectivity index (χ4v) is 2.96. The lowest BCUT2D eigenvalue weighted by atomic mass is 10.0. The average Bonchev–Trinajstić information content (AvgIpc) is 2.86. The molecule has 0 spiro atoms. The highest BCUT2D eigenvalue weighted by atomic mass is 32.1. The summed E-state index contributed by atoms with van der Waals surface area (Å²) in [5, 5.41) is 4.36. The van der Waals surface area contributed by atoms with Gasteiger partial charge in [-0.25, -0.2) is 0 Å². The molecule has 17 heavy (non-hydrogen) atoms. The molecule has 3 rings (SSSR count). The first kappa shape index (κ1) is 10.2. The first-order chi connectivity index (χ1) is 8.40. The van der Waals surface area contributed by atoms with Gasteiger partial charge in [0.05, 0.1) is 0 Å². The first-order valence-corrected chi connectivity index (χ1v) is 6.29. The van der Waals surface area contributed by atoms with Gasteiger partial charge >= 0.3 is 0 Å². The zero-order valence-electron chi connectivity index (χ0n) is 9.09. The molecule has 0 fully saturated rings. The molecule has 82 valence electrons. The van der Waals surface area contributed by atoms with Crippen LogP contribution in [-0.2, 0) is 0 Å². The molecule has 1 aromatic heterocycles. The van der Waals surface area contributed by atoms with Crippen LogP contribution >= 0.6 is 11.3 Å². The molecule has 0 bridgehead atoms. The van der Waals surface area contributed by atoms with Gasteiger partial charge in [0.2, 0.25) is 0 Å². The van der Waals surface area contributed by atoms with Crippen molar-refractivity contribution in [1.29, 1.82) is 0 Å². The number of hydrogen-bond acceptors (Lipinski definition) is 2. The summed E-state index contributed by atoms with van der Waals surface area (Å²) < 4.78 is 0. The number of thiophene rings is 1. The molecule has 3 aromatic rings. The molecule has 0 N–H and O–H groups in total. The van der Waals surface area contributed by atoms with Crippen molar-refractivity contribution < 1.29 is 4.79 Å². The molecule has 0 amide bonds. The summed E-state index contributed by atoms with van der Waals surface area (Å²) in [6, 6.07) is 16.3. The van der Waals surface area contributed by atoms with Crippen LogP contribution in [0.25, 0.3) is 21.2 Å². The Bertz CT molecular complexity index is 677. The van der Waals surface area contributed by atoms with Gasteiger partial charge in [0.1, 0.15) is 0 Å². The fourth-order valence-electron chi connectivity index (χ4n) is 2.05. The van der Waals surface area contributed by atoms with Crippen molar-refractivity contribution in [3.05, 3.63) is 59.5 Å². The van der Waals surface area contributed by atoms with Crippen LogP contribution in [0.4, 0.5) is 0 Å². The highest BCUT2D eigenvalue weighted by molar-refractivity contribution is 7.14. The molecule has 0 aliphatic heterocycles. The third kappa shape index (κ3) is 1.67. The first-order valence-electron chi connectivity index (χ1n) is 5.41. The predicted octanol–water partition coefficient (Wildman–Crippen LogP) is 4.38. The van der Waals surface area contributed by atoms with Crippen LogP contribution in [0.15, 0.2) is 53.9 Å². The molecular formula is C15H10OS. The number of hydrogen-bond donors (Lipinski definition) is 0. The molecule has 1 heterocycles. The van der Waals surface area contributed by atoms with E-state index >= 15 is 0 Å². The molecule has 0 unspecified atom stereocenters. The zero-order chi connectivity index (χ0) is 11.7. The Balaban J connectivity index is 2.34. The summed E-state index contributed by atoms with van der Waals surface area (Å²) >= 11 is 1.61. The van der Waals surface area contributed by atoms with E-state index in [4.69, 9.17) is 0 Å². The van der Waals surface area contributed by atoms with Gasteiger partial charge in [0.15, 0.2) is 6.29 Å². The Morgan fingerprint density at radius 1 is 0.941 bits per heavy atom. The maximum Gasteiger partial charge on any atom is 0.151 e. The lowest BCUT2D eigenvalue weighted by Crippen LogP contribution is -1.82. The van der Waals surface area contributed by atoms with Gasteiger partial charge in [-0.1, -0.05) is 42.5 Å².